The Hall–Kier alpha value is -1.09. The summed E-state index contributed by atoms with van der Waals surface area (Å²) in [6.07, 6.45) is 4.40. The van der Waals surface area contributed by atoms with Gasteiger partial charge in [-0.1, -0.05) is 59.8 Å². The first-order chi connectivity index (χ1) is 11.6. The molecule has 1 aromatic rings. The van der Waals surface area contributed by atoms with E-state index in [1.165, 1.54) is 27.8 Å². The maximum Gasteiger partial charge on any atom is 0.159 e. The van der Waals surface area contributed by atoms with E-state index in [4.69, 9.17) is 0 Å². The van der Waals surface area contributed by atoms with E-state index in [1.807, 2.05) is 0 Å². The molecule has 2 heterocycles. The van der Waals surface area contributed by atoms with Crippen molar-refractivity contribution >= 4 is 15.4 Å². The molecule has 2 unspecified atom stereocenters. The van der Waals surface area contributed by atoms with Gasteiger partial charge in [-0.25, -0.2) is 8.42 Å². The third-order valence-electron chi connectivity index (χ3n) is 5.95. The molecule has 1 saturated heterocycles. The van der Waals surface area contributed by atoms with Gasteiger partial charge in [-0.15, -0.1) is 0 Å². The van der Waals surface area contributed by atoms with Crippen molar-refractivity contribution in [3.05, 3.63) is 40.5 Å². The minimum Gasteiger partial charge on any atom is -0.228 e. The fourth-order valence-electron chi connectivity index (χ4n) is 4.37. The van der Waals surface area contributed by atoms with Crippen molar-refractivity contribution in [2.24, 2.45) is 0 Å². The summed E-state index contributed by atoms with van der Waals surface area (Å²) in [4.78, 5) is 0. The lowest BCUT2D eigenvalue weighted by Crippen LogP contribution is -2.26. The van der Waals surface area contributed by atoms with Gasteiger partial charge in [0.05, 0.1) is 10.5 Å². The molecule has 0 saturated carbocycles. The lowest BCUT2D eigenvalue weighted by Gasteiger charge is -2.28. The molecular formula is C22H32O2S. The molecule has 1 fully saturated rings. The summed E-state index contributed by atoms with van der Waals surface area (Å²) in [6.45, 7) is 13.5. The van der Waals surface area contributed by atoms with Crippen LogP contribution in [0.25, 0.3) is 5.57 Å². The van der Waals surface area contributed by atoms with Crippen LogP contribution in [0.3, 0.4) is 0 Å². The monoisotopic (exact) mass is 360 g/mol. The maximum absolute atomic E-state index is 12.5. The Kier molecular flexibility index (Phi) is 4.91. The van der Waals surface area contributed by atoms with Crippen molar-refractivity contribution in [3.63, 3.8) is 0 Å². The predicted octanol–water partition coefficient (Wildman–Crippen LogP) is 5.79. The molecule has 1 aromatic carbocycles. The van der Waals surface area contributed by atoms with E-state index in [0.29, 0.717) is 24.2 Å². The van der Waals surface area contributed by atoms with Gasteiger partial charge in [0.15, 0.2) is 9.84 Å². The van der Waals surface area contributed by atoms with E-state index in [0.717, 1.165) is 12.8 Å². The van der Waals surface area contributed by atoms with Crippen molar-refractivity contribution in [3.8, 4) is 0 Å². The number of benzene rings is 1. The highest BCUT2D eigenvalue weighted by molar-refractivity contribution is 7.93. The molecule has 3 rings (SSSR count). The number of sulfone groups is 1. The minimum absolute atomic E-state index is 0.165. The van der Waals surface area contributed by atoms with Crippen LogP contribution in [0.15, 0.2) is 18.2 Å². The quantitative estimate of drug-likeness (QED) is 0.681. The highest BCUT2D eigenvalue weighted by Crippen LogP contribution is 2.45. The third-order valence-corrected chi connectivity index (χ3v) is 8.50. The van der Waals surface area contributed by atoms with Crippen LogP contribution in [0.5, 0.6) is 0 Å². The van der Waals surface area contributed by atoms with E-state index < -0.39 is 9.84 Å². The summed E-state index contributed by atoms with van der Waals surface area (Å²) in [7, 11) is -2.93. The minimum atomic E-state index is -2.93. The van der Waals surface area contributed by atoms with Gasteiger partial charge in [0.1, 0.15) is 0 Å². The van der Waals surface area contributed by atoms with Crippen LogP contribution >= 0.6 is 0 Å². The summed E-state index contributed by atoms with van der Waals surface area (Å²) in [5.74, 6) is 1.37. The molecule has 138 valence electrons. The van der Waals surface area contributed by atoms with E-state index in [1.54, 1.807) is 0 Å². The molecule has 0 aliphatic carbocycles. The fourth-order valence-corrected chi connectivity index (χ4v) is 6.56. The molecule has 3 heteroatoms. The topological polar surface area (TPSA) is 34.1 Å². The zero-order valence-corrected chi connectivity index (χ0v) is 17.3. The molecule has 0 N–H and O–H groups in total. The second-order valence-corrected chi connectivity index (χ2v) is 11.2. The van der Waals surface area contributed by atoms with Crippen LogP contribution in [0.2, 0.25) is 0 Å². The smallest absolute Gasteiger partial charge is 0.159 e. The van der Waals surface area contributed by atoms with Gasteiger partial charge in [-0.2, -0.15) is 0 Å². The summed E-state index contributed by atoms with van der Waals surface area (Å²) in [5.41, 5.74) is 6.80. The molecule has 0 amide bonds. The number of fused-ring (bicyclic) bond motifs is 2. The molecule has 0 aromatic heterocycles. The Morgan fingerprint density at radius 2 is 1.44 bits per heavy atom. The third kappa shape index (κ3) is 3.20. The van der Waals surface area contributed by atoms with Crippen LogP contribution in [0, 0.1) is 0 Å². The second-order valence-electron chi connectivity index (χ2n) is 8.76. The van der Waals surface area contributed by atoms with Crippen LogP contribution < -0.4 is 0 Å². The average Bonchev–Trinajstić information content (AvgIpc) is 2.72. The fraction of sp³-hybridized carbons (Fsp3) is 0.636. The molecule has 0 radical (unpaired) electrons. The molecule has 2 bridgehead atoms. The van der Waals surface area contributed by atoms with Crippen molar-refractivity contribution in [2.75, 3.05) is 0 Å². The van der Waals surface area contributed by atoms with E-state index in [2.05, 4.69) is 59.8 Å². The standard InChI is InChI=1S/C22H32O2S/c1-13(2)16-11-20(14(3)4)22(21(12-16)15(5)6)17-9-18-7-8-19(10-17)25(18,23)24/h9,11-15,18-19H,7-8,10H2,1-6H3. The lowest BCUT2D eigenvalue weighted by atomic mass is 9.80. The Bertz CT molecular complexity index is 768. The van der Waals surface area contributed by atoms with Crippen molar-refractivity contribution in [1.29, 1.82) is 0 Å². The molecule has 2 aliphatic rings. The molecule has 2 nitrogen and oxygen atoms in total. The first-order valence-electron chi connectivity index (χ1n) is 9.74. The molecule has 25 heavy (non-hydrogen) atoms. The summed E-state index contributed by atoms with van der Waals surface area (Å²) in [5, 5.41) is -0.423. The molecule has 0 spiro atoms. The largest absolute Gasteiger partial charge is 0.228 e. The van der Waals surface area contributed by atoms with Crippen LogP contribution in [0.1, 0.15) is 101 Å². The Balaban J connectivity index is 2.22. The Morgan fingerprint density at radius 3 is 1.88 bits per heavy atom. The normalized spacial score (nSPS) is 25.1. The van der Waals surface area contributed by atoms with Crippen LogP contribution in [-0.4, -0.2) is 18.9 Å². The lowest BCUT2D eigenvalue weighted by molar-refractivity contribution is 0.585. The number of allylic oxidation sites excluding steroid dienone is 1. The molecule has 2 aliphatic heterocycles. The van der Waals surface area contributed by atoms with Gasteiger partial charge in [-0.3, -0.25) is 0 Å². The van der Waals surface area contributed by atoms with E-state index in [-0.39, 0.29) is 10.5 Å². The maximum atomic E-state index is 12.5. The first-order valence-corrected chi connectivity index (χ1v) is 11.3. The highest BCUT2D eigenvalue weighted by atomic mass is 32.2. The van der Waals surface area contributed by atoms with Gasteiger partial charge in [0.25, 0.3) is 0 Å². The summed E-state index contributed by atoms with van der Waals surface area (Å²) < 4.78 is 25.0. The number of hydrogen-bond donors (Lipinski definition) is 0. The summed E-state index contributed by atoms with van der Waals surface area (Å²) in [6, 6.07) is 4.73. The predicted molar refractivity (Wildman–Crippen MR) is 107 cm³/mol. The van der Waals surface area contributed by atoms with Crippen LogP contribution in [0.4, 0.5) is 0 Å². The zero-order valence-electron chi connectivity index (χ0n) is 16.5. The zero-order chi connectivity index (χ0) is 18.5. The SMILES string of the molecule is CC(C)c1cc(C(C)C)c(C2=CC3CCC(C2)S3(=O)=O)c(C(C)C)c1. The van der Waals surface area contributed by atoms with E-state index in [9.17, 15) is 8.42 Å². The van der Waals surface area contributed by atoms with Gasteiger partial charge in [0, 0.05) is 0 Å². The average molecular weight is 361 g/mol. The van der Waals surface area contributed by atoms with Crippen LogP contribution in [-0.2, 0) is 9.84 Å². The van der Waals surface area contributed by atoms with Crippen molar-refractivity contribution < 1.29 is 8.42 Å². The van der Waals surface area contributed by atoms with Crippen molar-refractivity contribution in [2.45, 2.75) is 89.1 Å². The van der Waals surface area contributed by atoms with Gasteiger partial charge < -0.3 is 0 Å². The second kappa shape index (κ2) is 6.57. The Morgan fingerprint density at radius 1 is 0.880 bits per heavy atom. The first kappa shape index (κ1) is 18.7. The molecule has 2 atom stereocenters. The van der Waals surface area contributed by atoms with E-state index >= 15 is 0 Å². The van der Waals surface area contributed by atoms with Gasteiger partial charge in [0.2, 0.25) is 0 Å². The molecular weight excluding hydrogens is 328 g/mol. The van der Waals surface area contributed by atoms with Gasteiger partial charge in [-0.05, 0) is 64.8 Å². The van der Waals surface area contributed by atoms with Gasteiger partial charge >= 0.3 is 0 Å². The van der Waals surface area contributed by atoms with Crippen molar-refractivity contribution in [1.82, 2.24) is 0 Å². The number of rotatable bonds is 4. The Labute approximate surface area is 153 Å². The number of hydrogen-bond acceptors (Lipinski definition) is 2. The highest BCUT2D eigenvalue weighted by Gasteiger charge is 2.43. The summed E-state index contributed by atoms with van der Waals surface area (Å²) >= 11 is 0.